The van der Waals surface area contributed by atoms with E-state index in [4.69, 9.17) is 4.74 Å². The van der Waals surface area contributed by atoms with E-state index in [0.717, 1.165) is 0 Å². The molecule has 2 rings (SSSR count). The highest BCUT2D eigenvalue weighted by molar-refractivity contribution is 5.87. The molecule has 0 saturated carbocycles. The van der Waals surface area contributed by atoms with Crippen LogP contribution in [0.5, 0.6) is 5.75 Å². The molecule has 0 aliphatic rings. The summed E-state index contributed by atoms with van der Waals surface area (Å²) in [6.45, 7) is 4.00. The lowest BCUT2D eigenvalue weighted by atomic mass is 10.1. The zero-order valence-corrected chi connectivity index (χ0v) is 11.8. The lowest BCUT2D eigenvalue weighted by Gasteiger charge is -2.06. The summed E-state index contributed by atoms with van der Waals surface area (Å²) in [7, 11) is 1.45. The Morgan fingerprint density at radius 1 is 1.14 bits per heavy atom. The Bertz CT molecular complexity index is 628. The molecule has 0 spiro atoms. The fourth-order valence-electron chi connectivity index (χ4n) is 1.54. The van der Waals surface area contributed by atoms with E-state index in [1.165, 1.54) is 31.4 Å². The van der Waals surface area contributed by atoms with Gasteiger partial charge in [-0.25, -0.2) is 13.8 Å². The first-order valence-electron chi connectivity index (χ1n) is 6.23. The van der Waals surface area contributed by atoms with Crippen LogP contribution in [0.2, 0.25) is 0 Å². The van der Waals surface area contributed by atoms with Crippen LogP contribution in [-0.4, -0.2) is 18.1 Å². The van der Waals surface area contributed by atoms with E-state index in [2.05, 4.69) is 4.98 Å². The van der Waals surface area contributed by atoms with Crippen molar-refractivity contribution in [2.24, 2.45) is 0 Å². The number of hydrogen-bond donors (Lipinski definition) is 0. The Hall–Kier alpha value is -2.37. The summed E-state index contributed by atoms with van der Waals surface area (Å²) in [5, 5.41) is 0. The normalized spacial score (nSPS) is 9.62. The van der Waals surface area contributed by atoms with E-state index in [1.807, 2.05) is 13.8 Å². The maximum atomic E-state index is 13.6. The van der Waals surface area contributed by atoms with Crippen molar-refractivity contribution in [1.29, 1.82) is 0 Å². The van der Waals surface area contributed by atoms with Crippen LogP contribution in [0.3, 0.4) is 0 Å². The van der Waals surface area contributed by atoms with Gasteiger partial charge in [0.05, 0.1) is 7.11 Å². The number of methoxy groups -OCH3 is 1. The number of nitrogens with zero attached hydrogens (tertiary/aromatic N) is 1. The summed E-state index contributed by atoms with van der Waals surface area (Å²) in [6.07, 6.45) is 0. The number of ether oxygens (including phenoxy) is 1. The molecule has 0 saturated heterocycles. The van der Waals surface area contributed by atoms with Gasteiger partial charge in [0.15, 0.2) is 11.6 Å². The van der Waals surface area contributed by atoms with Crippen LogP contribution in [0.1, 0.15) is 24.3 Å². The summed E-state index contributed by atoms with van der Waals surface area (Å²) in [5.41, 5.74) is -0.992. The van der Waals surface area contributed by atoms with Gasteiger partial charge in [0, 0.05) is 11.6 Å². The maximum absolute atomic E-state index is 13.6. The molecule has 0 aliphatic carbocycles. The van der Waals surface area contributed by atoms with Gasteiger partial charge in [-0.2, -0.15) is 4.39 Å². The molecule has 21 heavy (non-hydrogen) atoms. The molecule has 0 radical (unpaired) electrons. The van der Waals surface area contributed by atoms with Crippen molar-refractivity contribution in [3.05, 3.63) is 47.7 Å². The molecule has 0 aliphatic heterocycles. The second kappa shape index (κ2) is 7.42. The van der Waals surface area contributed by atoms with Crippen molar-refractivity contribution in [1.82, 2.24) is 4.98 Å². The highest BCUT2D eigenvalue weighted by Crippen LogP contribution is 2.25. The molecule has 6 heteroatoms. The van der Waals surface area contributed by atoms with Crippen LogP contribution in [0.15, 0.2) is 30.3 Å². The van der Waals surface area contributed by atoms with Crippen molar-refractivity contribution < 1.29 is 22.7 Å². The van der Waals surface area contributed by atoms with E-state index in [1.54, 1.807) is 0 Å². The summed E-state index contributed by atoms with van der Waals surface area (Å²) < 4.78 is 44.4. The van der Waals surface area contributed by atoms with Crippen LogP contribution in [0, 0.1) is 11.6 Å². The molecule has 1 heterocycles. The molecule has 112 valence electrons. The number of benzene rings is 1. The monoisotopic (exact) mass is 297 g/mol. The van der Waals surface area contributed by atoms with Crippen molar-refractivity contribution in [2.45, 2.75) is 13.8 Å². The first-order chi connectivity index (χ1) is 10.0. The van der Waals surface area contributed by atoms with E-state index in [9.17, 15) is 18.0 Å². The van der Waals surface area contributed by atoms with E-state index in [0.29, 0.717) is 11.8 Å². The first kappa shape index (κ1) is 16.7. The van der Waals surface area contributed by atoms with E-state index >= 15 is 0 Å². The van der Waals surface area contributed by atoms with Gasteiger partial charge in [-0.05, 0) is 24.3 Å². The fourth-order valence-corrected chi connectivity index (χ4v) is 1.54. The molecular formula is C15H14F3NO2. The maximum Gasteiger partial charge on any atom is 0.350 e. The molecule has 1 aromatic heterocycles. The summed E-state index contributed by atoms with van der Waals surface area (Å²) in [4.78, 5) is 14.0. The average molecular weight is 297 g/mol. The second-order valence-electron chi connectivity index (χ2n) is 3.65. The highest BCUT2D eigenvalue weighted by atomic mass is 19.2. The molecule has 0 amide bonds. The second-order valence-corrected chi connectivity index (χ2v) is 3.65. The number of rotatable bonds is 3. The minimum atomic E-state index is -1.92. The fraction of sp³-hybridized carbons (Fsp3) is 0.200. The van der Waals surface area contributed by atoms with Gasteiger partial charge in [0.1, 0.15) is 17.1 Å². The van der Waals surface area contributed by atoms with Crippen molar-refractivity contribution >= 4 is 6.04 Å². The Balaban J connectivity index is 0.00000106. The number of carbonyl (C=O) groups excluding carboxylic acids is 1. The third-order valence-electron chi connectivity index (χ3n) is 2.48. The van der Waals surface area contributed by atoms with Crippen LogP contribution in [0.4, 0.5) is 13.2 Å². The van der Waals surface area contributed by atoms with Crippen molar-refractivity contribution in [2.75, 3.05) is 7.11 Å². The Kier molecular flexibility index (Phi) is 5.90. The minimum absolute atomic E-state index is 0.209. The topological polar surface area (TPSA) is 39.2 Å². The average Bonchev–Trinajstić information content (AvgIpc) is 2.52. The third kappa shape index (κ3) is 3.81. The van der Waals surface area contributed by atoms with Crippen LogP contribution in [0.25, 0.3) is 11.3 Å². The van der Waals surface area contributed by atoms with Gasteiger partial charge in [0.25, 0.3) is 0 Å². The summed E-state index contributed by atoms with van der Waals surface area (Å²) >= 11 is 0. The van der Waals surface area contributed by atoms with Crippen molar-refractivity contribution in [3.63, 3.8) is 0 Å². The molecule has 0 atom stereocenters. The third-order valence-corrected chi connectivity index (χ3v) is 2.48. The molecular weight excluding hydrogens is 283 g/mol. The predicted molar refractivity (Wildman–Crippen MR) is 72.9 cm³/mol. The molecule has 2 aromatic rings. The lowest BCUT2D eigenvalue weighted by molar-refractivity contribution is 0.0829. The zero-order valence-electron chi connectivity index (χ0n) is 11.8. The summed E-state index contributed by atoms with van der Waals surface area (Å²) in [5.74, 6) is -2.06. The van der Waals surface area contributed by atoms with Crippen LogP contribution in [-0.2, 0) is 0 Å². The number of pyridine rings is 1. The molecule has 0 unspecified atom stereocenters. The molecule has 1 aromatic carbocycles. The first-order valence-corrected chi connectivity index (χ1v) is 6.23. The summed E-state index contributed by atoms with van der Waals surface area (Å²) in [6, 6.07) is 4.38. The van der Waals surface area contributed by atoms with Gasteiger partial charge < -0.3 is 4.74 Å². The molecule has 3 nitrogen and oxygen atoms in total. The van der Waals surface area contributed by atoms with Crippen LogP contribution >= 0.6 is 0 Å². The Labute approximate surface area is 120 Å². The largest absolute Gasteiger partial charge is 0.497 e. The van der Waals surface area contributed by atoms with Gasteiger partial charge >= 0.3 is 6.04 Å². The molecule has 0 N–H and O–H groups in total. The van der Waals surface area contributed by atoms with Crippen molar-refractivity contribution in [3.8, 4) is 17.0 Å². The predicted octanol–water partition coefficient (Wildman–Crippen LogP) is 4.17. The quantitative estimate of drug-likeness (QED) is 0.798. The number of halogens is 3. The zero-order chi connectivity index (χ0) is 16.0. The smallest absolute Gasteiger partial charge is 0.350 e. The lowest BCUT2D eigenvalue weighted by Crippen LogP contribution is -2.02. The van der Waals surface area contributed by atoms with Gasteiger partial charge in [0.2, 0.25) is 0 Å². The minimum Gasteiger partial charge on any atom is -0.497 e. The van der Waals surface area contributed by atoms with E-state index in [-0.39, 0.29) is 5.56 Å². The standard InChI is InChI=1S/C13H8F3NO2.C2H6/c1-19-8-4-2-7(3-5-8)12-11(15)9(14)6-10(17-12)13(16)18;1-2/h2-6H,1H3;1-2H3. The molecule has 0 fully saturated rings. The van der Waals surface area contributed by atoms with Gasteiger partial charge in [-0.1, -0.05) is 13.8 Å². The number of hydrogen-bond acceptors (Lipinski definition) is 3. The highest BCUT2D eigenvalue weighted by Gasteiger charge is 2.17. The number of aromatic nitrogens is 1. The number of carbonyl (C=O) groups is 1. The van der Waals surface area contributed by atoms with E-state index < -0.39 is 29.1 Å². The Morgan fingerprint density at radius 2 is 1.71 bits per heavy atom. The Morgan fingerprint density at radius 3 is 2.19 bits per heavy atom. The SMILES string of the molecule is CC.COc1ccc(-c2nc(C(=O)F)cc(F)c2F)cc1. The van der Waals surface area contributed by atoms with Gasteiger partial charge in [-0.15, -0.1) is 0 Å². The molecule has 0 bridgehead atoms. The van der Waals surface area contributed by atoms with Crippen LogP contribution < -0.4 is 4.74 Å². The van der Waals surface area contributed by atoms with Gasteiger partial charge in [-0.3, -0.25) is 4.79 Å².